The number of anilines is 1. The second-order valence-electron chi connectivity index (χ2n) is 7.02. The number of H-pyrrole nitrogens is 1. The molecule has 2 aromatic heterocycles. The second kappa shape index (κ2) is 8.12. The van der Waals surface area contributed by atoms with Crippen molar-refractivity contribution in [2.45, 2.75) is 25.3 Å². The van der Waals surface area contributed by atoms with E-state index in [0.717, 1.165) is 18.6 Å². The molecule has 29 heavy (non-hydrogen) atoms. The summed E-state index contributed by atoms with van der Waals surface area (Å²) in [5.74, 6) is -0.674. The molecule has 3 aromatic rings. The molecule has 152 valence electrons. The second-order valence-corrected chi connectivity index (χ2v) is 7.02. The lowest BCUT2D eigenvalue weighted by atomic mass is 10.0. The maximum Gasteiger partial charge on any atom is 0.252 e. The SMILES string of the molecule is O=C(NCCCO)c1cnc2[nH]nc(N3CCCC3c3cc(F)ccc3F)c2c1. The Hall–Kier alpha value is -3.07. The van der Waals surface area contributed by atoms with Crippen LogP contribution in [0.2, 0.25) is 0 Å². The van der Waals surface area contributed by atoms with E-state index in [1.807, 2.05) is 4.90 Å². The number of aliphatic hydroxyl groups excluding tert-OH is 1. The summed E-state index contributed by atoms with van der Waals surface area (Å²) in [7, 11) is 0. The summed E-state index contributed by atoms with van der Waals surface area (Å²) in [5, 5.41) is 19.4. The summed E-state index contributed by atoms with van der Waals surface area (Å²) >= 11 is 0. The van der Waals surface area contributed by atoms with Gasteiger partial charge in [-0.1, -0.05) is 0 Å². The number of nitrogens with one attached hydrogen (secondary N) is 2. The molecule has 1 saturated heterocycles. The molecule has 0 spiro atoms. The Kier molecular flexibility index (Phi) is 5.39. The van der Waals surface area contributed by atoms with Gasteiger partial charge in [-0.3, -0.25) is 9.89 Å². The third-order valence-electron chi connectivity index (χ3n) is 5.12. The van der Waals surface area contributed by atoms with Crippen molar-refractivity contribution in [3.8, 4) is 0 Å². The molecule has 4 rings (SSSR count). The van der Waals surface area contributed by atoms with Crippen LogP contribution in [-0.4, -0.2) is 45.9 Å². The Morgan fingerprint density at radius 2 is 2.21 bits per heavy atom. The molecule has 1 aliphatic rings. The van der Waals surface area contributed by atoms with Gasteiger partial charge in [0.05, 0.1) is 17.0 Å². The van der Waals surface area contributed by atoms with Crippen LogP contribution >= 0.6 is 0 Å². The van der Waals surface area contributed by atoms with E-state index in [-0.39, 0.29) is 18.6 Å². The summed E-state index contributed by atoms with van der Waals surface area (Å²) in [6.45, 7) is 0.989. The first-order chi connectivity index (χ1) is 14.1. The molecule has 1 amide bonds. The highest BCUT2D eigenvalue weighted by molar-refractivity contribution is 5.99. The first-order valence-corrected chi connectivity index (χ1v) is 9.53. The smallest absolute Gasteiger partial charge is 0.252 e. The van der Waals surface area contributed by atoms with Crippen molar-refractivity contribution < 1.29 is 18.7 Å². The molecule has 3 heterocycles. The molecule has 3 N–H and O–H groups in total. The van der Waals surface area contributed by atoms with Crippen LogP contribution in [0.4, 0.5) is 14.6 Å². The van der Waals surface area contributed by atoms with E-state index < -0.39 is 11.6 Å². The predicted octanol–water partition coefficient (Wildman–Crippen LogP) is 2.69. The van der Waals surface area contributed by atoms with Crippen molar-refractivity contribution in [2.75, 3.05) is 24.6 Å². The van der Waals surface area contributed by atoms with Crippen LogP contribution in [0.1, 0.15) is 41.2 Å². The van der Waals surface area contributed by atoms with Gasteiger partial charge in [0, 0.05) is 31.5 Å². The number of benzene rings is 1. The number of aromatic nitrogens is 3. The fourth-order valence-electron chi connectivity index (χ4n) is 3.73. The van der Waals surface area contributed by atoms with E-state index in [0.29, 0.717) is 53.9 Å². The number of aliphatic hydroxyl groups is 1. The lowest BCUT2D eigenvalue weighted by Gasteiger charge is -2.25. The third kappa shape index (κ3) is 3.77. The fourth-order valence-corrected chi connectivity index (χ4v) is 3.73. The minimum Gasteiger partial charge on any atom is -0.396 e. The van der Waals surface area contributed by atoms with Crippen molar-refractivity contribution in [3.05, 3.63) is 53.2 Å². The number of carbonyl (C=O) groups is 1. The van der Waals surface area contributed by atoms with E-state index in [9.17, 15) is 13.6 Å². The molecule has 0 bridgehead atoms. The number of hydrogen-bond donors (Lipinski definition) is 3. The Morgan fingerprint density at radius 1 is 1.34 bits per heavy atom. The zero-order chi connectivity index (χ0) is 20.4. The number of pyridine rings is 1. The Labute approximate surface area is 165 Å². The lowest BCUT2D eigenvalue weighted by Crippen LogP contribution is -2.25. The minimum absolute atomic E-state index is 0.00354. The first kappa shape index (κ1) is 19.3. The van der Waals surface area contributed by atoms with Crippen LogP contribution < -0.4 is 10.2 Å². The van der Waals surface area contributed by atoms with Crippen molar-refractivity contribution in [1.29, 1.82) is 0 Å². The van der Waals surface area contributed by atoms with Crippen LogP contribution in [0.5, 0.6) is 0 Å². The first-order valence-electron chi connectivity index (χ1n) is 9.53. The maximum absolute atomic E-state index is 14.4. The Morgan fingerprint density at radius 3 is 3.03 bits per heavy atom. The van der Waals surface area contributed by atoms with E-state index in [4.69, 9.17) is 5.11 Å². The average Bonchev–Trinajstić information content (AvgIpc) is 3.35. The number of aromatic amines is 1. The van der Waals surface area contributed by atoms with Gasteiger partial charge in [-0.05, 0) is 43.5 Å². The van der Waals surface area contributed by atoms with Crippen molar-refractivity contribution in [1.82, 2.24) is 20.5 Å². The topological polar surface area (TPSA) is 94.1 Å². The van der Waals surface area contributed by atoms with Gasteiger partial charge in [0.2, 0.25) is 0 Å². The summed E-state index contributed by atoms with van der Waals surface area (Å²) in [5.41, 5.74) is 1.17. The Bertz CT molecular complexity index is 1040. The molecular weight excluding hydrogens is 380 g/mol. The molecule has 1 unspecified atom stereocenters. The number of hydrogen-bond acceptors (Lipinski definition) is 5. The van der Waals surface area contributed by atoms with Gasteiger partial charge in [0.25, 0.3) is 5.91 Å². The van der Waals surface area contributed by atoms with Gasteiger partial charge < -0.3 is 15.3 Å². The van der Waals surface area contributed by atoms with Crippen LogP contribution in [0.25, 0.3) is 11.0 Å². The highest BCUT2D eigenvalue weighted by Crippen LogP contribution is 2.39. The summed E-state index contributed by atoms with van der Waals surface area (Å²) in [6, 6.07) is 4.81. The van der Waals surface area contributed by atoms with Gasteiger partial charge in [-0.15, -0.1) is 0 Å². The molecule has 0 radical (unpaired) electrons. The van der Waals surface area contributed by atoms with Crippen molar-refractivity contribution >= 4 is 22.8 Å². The number of nitrogens with zero attached hydrogens (tertiary/aromatic N) is 3. The molecule has 0 aliphatic carbocycles. The molecule has 1 fully saturated rings. The number of rotatable bonds is 6. The minimum atomic E-state index is -0.483. The van der Waals surface area contributed by atoms with Gasteiger partial charge in [0.1, 0.15) is 11.6 Å². The molecule has 7 nitrogen and oxygen atoms in total. The predicted molar refractivity (Wildman–Crippen MR) is 104 cm³/mol. The average molecular weight is 401 g/mol. The molecule has 1 aromatic carbocycles. The maximum atomic E-state index is 14.4. The van der Waals surface area contributed by atoms with Crippen LogP contribution in [0.3, 0.4) is 0 Å². The van der Waals surface area contributed by atoms with Crippen LogP contribution in [-0.2, 0) is 0 Å². The third-order valence-corrected chi connectivity index (χ3v) is 5.12. The van der Waals surface area contributed by atoms with E-state index in [1.54, 1.807) is 6.07 Å². The molecule has 9 heteroatoms. The van der Waals surface area contributed by atoms with Crippen LogP contribution in [0, 0.1) is 11.6 Å². The van der Waals surface area contributed by atoms with Crippen molar-refractivity contribution in [2.24, 2.45) is 0 Å². The lowest BCUT2D eigenvalue weighted by molar-refractivity contribution is 0.0951. The summed E-state index contributed by atoms with van der Waals surface area (Å²) < 4.78 is 28.1. The van der Waals surface area contributed by atoms with Crippen LogP contribution in [0.15, 0.2) is 30.5 Å². The highest BCUT2D eigenvalue weighted by Gasteiger charge is 2.31. The Balaban J connectivity index is 1.67. The summed E-state index contributed by atoms with van der Waals surface area (Å²) in [4.78, 5) is 18.5. The zero-order valence-corrected chi connectivity index (χ0v) is 15.7. The normalized spacial score (nSPS) is 16.5. The molecule has 1 aliphatic heterocycles. The standard InChI is InChI=1S/C20H21F2N5O2/c21-13-4-5-16(22)14(10-13)17-3-1-7-27(17)19-15-9-12(11-24-18(15)25-26-19)20(29)23-6-2-8-28/h4-5,9-11,17,28H,1-3,6-8H2,(H,23,29)(H,24,25,26). The molecular formula is C20H21F2N5O2. The van der Waals surface area contributed by atoms with E-state index >= 15 is 0 Å². The number of carbonyl (C=O) groups excluding carboxylic acids is 1. The van der Waals surface area contributed by atoms with Gasteiger partial charge >= 0.3 is 0 Å². The monoisotopic (exact) mass is 401 g/mol. The zero-order valence-electron chi connectivity index (χ0n) is 15.7. The molecule has 0 saturated carbocycles. The van der Waals surface area contributed by atoms with Gasteiger partial charge in [-0.25, -0.2) is 13.8 Å². The van der Waals surface area contributed by atoms with Crippen molar-refractivity contribution in [3.63, 3.8) is 0 Å². The van der Waals surface area contributed by atoms with Gasteiger partial charge in [0.15, 0.2) is 11.5 Å². The molecule has 1 atom stereocenters. The quantitative estimate of drug-likeness (QED) is 0.552. The largest absolute Gasteiger partial charge is 0.396 e. The fraction of sp³-hybridized carbons (Fsp3) is 0.350. The van der Waals surface area contributed by atoms with E-state index in [2.05, 4.69) is 20.5 Å². The number of fused-ring (bicyclic) bond motifs is 1. The number of amides is 1. The van der Waals surface area contributed by atoms with Gasteiger partial charge in [-0.2, -0.15) is 5.10 Å². The highest BCUT2D eigenvalue weighted by atomic mass is 19.1. The number of halogens is 2. The summed E-state index contributed by atoms with van der Waals surface area (Å²) in [6.07, 6.45) is 3.40. The van der Waals surface area contributed by atoms with E-state index in [1.165, 1.54) is 12.3 Å².